The van der Waals surface area contributed by atoms with E-state index in [2.05, 4.69) is 34.1 Å². The third kappa shape index (κ3) is 2.85. The summed E-state index contributed by atoms with van der Waals surface area (Å²) in [5.41, 5.74) is 4.15. The Labute approximate surface area is 132 Å². The number of benzene rings is 2. The van der Waals surface area contributed by atoms with Gasteiger partial charge in [0, 0.05) is 10.9 Å². The molecule has 0 unspecified atom stereocenters. The van der Waals surface area contributed by atoms with Crippen molar-refractivity contribution >= 4 is 15.9 Å². The first-order valence-corrected chi connectivity index (χ1v) is 7.78. The van der Waals surface area contributed by atoms with Crippen molar-refractivity contribution in [2.24, 2.45) is 0 Å². The van der Waals surface area contributed by atoms with Gasteiger partial charge in [-0.05, 0) is 30.3 Å². The number of nitrogens with zero attached hydrogens (tertiary/aromatic N) is 2. The van der Waals surface area contributed by atoms with E-state index in [1.54, 1.807) is 7.11 Å². The Hall–Kier alpha value is -2.07. The van der Waals surface area contributed by atoms with Crippen LogP contribution in [-0.2, 0) is 5.33 Å². The van der Waals surface area contributed by atoms with Crippen LogP contribution in [0.3, 0.4) is 0 Å². The Morgan fingerprint density at radius 2 is 1.86 bits per heavy atom. The van der Waals surface area contributed by atoms with E-state index in [9.17, 15) is 0 Å². The zero-order chi connectivity index (χ0) is 14.7. The Balaban J connectivity index is 2.07. The Morgan fingerprint density at radius 1 is 1.05 bits per heavy atom. The fourth-order valence-electron chi connectivity index (χ4n) is 2.23. The van der Waals surface area contributed by atoms with Crippen molar-refractivity contribution in [3.8, 4) is 22.7 Å². The van der Waals surface area contributed by atoms with Gasteiger partial charge in [-0.25, -0.2) is 4.68 Å². The van der Waals surface area contributed by atoms with Gasteiger partial charge < -0.3 is 4.74 Å². The van der Waals surface area contributed by atoms with Gasteiger partial charge in [-0.3, -0.25) is 0 Å². The molecule has 1 aromatic heterocycles. The van der Waals surface area contributed by atoms with Crippen LogP contribution in [-0.4, -0.2) is 16.9 Å². The molecule has 0 N–H and O–H groups in total. The van der Waals surface area contributed by atoms with E-state index in [0.717, 1.165) is 33.7 Å². The smallest absolute Gasteiger partial charge is 0.119 e. The minimum atomic E-state index is 0.749. The molecular formula is C17H15BrN2O. The quantitative estimate of drug-likeness (QED) is 0.655. The molecular weight excluding hydrogens is 328 g/mol. The summed E-state index contributed by atoms with van der Waals surface area (Å²) in [4.78, 5) is 0. The van der Waals surface area contributed by atoms with E-state index in [1.165, 1.54) is 0 Å². The van der Waals surface area contributed by atoms with Crippen molar-refractivity contribution in [2.45, 2.75) is 5.33 Å². The SMILES string of the molecule is COc1cccc(-c2cc(CBr)n(-c3ccccc3)n2)c1. The molecule has 21 heavy (non-hydrogen) atoms. The maximum Gasteiger partial charge on any atom is 0.119 e. The van der Waals surface area contributed by atoms with Gasteiger partial charge in [-0.15, -0.1) is 0 Å². The molecule has 106 valence electrons. The van der Waals surface area contributed by atoms with Crippen molar-refractivity contribution in [1.29, 1.82) is 0 Å². The monoisotopic (exact) mass is 342 g/mol. The Morgan fingerprint density at radius 3 is 2.57 bits per heavy atom. The van der Waals surface area contributed by atoms with E-state index in [0.29, 0.717) is 0 Å². The Kier molecular flexibility index (Phi) is 4.06. The van der Waals surface area contributed by atoms with Crippen LogP contribution in [0.5, 0.6) is 5.75 Å². The molecule has 2 aromatic carbocycles. The normalized spacial score (nSPS) is 10.6. The van der Waals surface area contributed by atoms with Crippen molar-refractivity contribution in [1.82, 2.24) is 9.78 Å². The average molecular weight is 343 g/mol. The van der Waals surface area contributed by atoms with Crippen LogP contribution in [0.15, 0.2) is 60.7 Å². The molecule has 3 nitrogen and oxygen atoms in total. The third-order valence-electron chi connectivity index (χ3n) is 3.29. The number of para-hydroxylation sites is 1. The summed E-state index contributed by atoms with van der Waals surface area (Å²) in [5.74, 6) is 0.835. The lowest BCUT2D eigenvalue weighted by Gasteiger charge is -2.04. The molecule has 3 aromatic rings. The van der Waals surface area contributed by atoms with E-state index < -0.39 is 0 Å². The number of alkyl halides is 1. The highest BCUT2D eigenvalue weighted by atomic mass is 79.9. The number of halogens is 1. The van der Waals surface area contributed by atoms with Gasteiger partial charge in [0.15, 0.2) is 0 Å². The van der Waals surface area contributed by atoms with Gasteiger partial charge in [0.25, 0.3) is 0 Å². The molecule has 0 saturated heterocycles. The van der Waals surface area contributed by atoms with Crippen molar-refractivity contribution in [3.05, 3.63) is 66.4 Å². The van der Waals surface area contributed by atoms with Crippen molar-refractivity contribution in [3.63, 3.8) is 0 Å². The molecule has 1 heterocycles. The third-order valence-corrected chi connectivity index (χ3v) is 3.86. The summed E-state index contributed by atoms with van der Waals surface area (Å²) >= 11 is 3.53. The van der Waals surface area contributed by atoms with Crippen molar-refractivity contribution < 1.29 is 4.74 Å². The lowest BCUT2D eigenvalue weighted by atomic mass is 10.1. The summed E-state index contributed by atoms with van der Waals surface area (Å²) < 4.78 is 7.24. The lowest BCUT2D eigenvalue weighted by Crippen LogP contribution is -1.99. The standard InChI is InChI=1S/C17H15BrN2O/c1-21-16-9-5-6-13(10-16)17-11-15(12-18)20(19-17)14-7-3-2-4-8-14/h2-11H,12H2,1H3. The van der Waals surface area contributed by atoms with Gasteiger partial charge in [0.05, 0.1) is 24.2 Å². The van der Waals surface area contributed by atoms with Gasteiger partial charge in [0.1, 0.15) is 5.75 Å². The van der Waals surface area contributed by atoms with E-state index >= 15 is 0 Å². The molecule has 0 bridgehead atoms. The summed E-state index contributed by atoms with van der Waals surface area (Å²) in [6, 6.07) is 20.2. The number of rotatable bonds is 4. The molecule has 4 heteroatoms. The molecule has 0 saturated carbocycles. The van der Waals surface area contributed by atoms with Gasteiger partial charge in [0.2, 0.25) is 0 Å². The van der Waals surface area contributed by atoms with Crippen LogP contribution in [0.4, 0.5) is 0 Å². The first-order chi connectivity index (χ1) is 10.3. The second kappa shape index (κ2) is 6.14. The maximum absolute atomic E-state index is 5.28. The van der Waals surface area contributed by atoms with Crippen LogP contribution >= 0.6 is 15.9 Å². The molecule has 3 rings (SSSR count). The molecule has 0 fully saturated rings. The predicted octanol–water partition coefficient (Wildman–Crippen LogP) is 4.44. The molecule has 0 aliphatic carbocycles. The molecule has 0 aliphatic rings. The second-order valence-corrected chi connectivity index (χ2v) is 5.19. The van der Waals surface area contributed by atoms with E-state index in [1.807, 2.05) is 47.1 Å². The maximum atomic E-state index is 5.28. The number of hydrogen-bond donors (Lipinski definition) is 0. The highest BCUT2D eigenvalue weighted by Crippen LogP contribution is 2.25. The molecule has 0 atom stereocenters. The summed E-state index contributed by atoms with van der Waals surface area (Å²) in [6.45, 7) is 0. The summed E-state index contributed by atoms with van der Waals surface area (Å²) in [7, 11) is 1.67. The minimum Gasteiger partial charge on any atom is -0.497 e. The fraction of sp³-hybridized carbons (Fsp3) is 0.118. The average Bonchev–Trinajstić information content (AvgIpc) is 3.00. The molecule has 0 amide bonds. The van der Waals surface area contributed by atoms with E-state index in [-0.39, 0.29) is 0 Å². The zero-order valence-corrected chi connectivity index (χ0v) is 13.2. The van der Waals surface area contributed by atoms with Crippen molar-refractivity contribution in [2.75, 3.05) is 7.11 Å². The van der Waals surface area contributed by atoms with Gasteiger partial charge in [-0.2, -0.15) is 5.10 Å². The minimum absolute atomic E-state index is 0.749. The largest absolute Gasteiger partial charge is 0.497 e. The first-order valence-electron chi connectivity index (χ1n) is 6.66. The molecule has 0 aliphatic heterocycles. The van der Waals surface area contributed by atoms with Gasteiger partial charge in [-0.1, -0.05) is 46.3 Å². The van der Waals surface area contributed by atoms with Crippen LogP contribution in [0, 0.1) is 0 Å². The topological polar surface area (TPSA) is 27.1 Å². The molecule has 0 radical (unpaired) electrons. The predicted molar refractivity (Wildman–Crippen MR) is 88.2 cm³/mol. The zero-order valence-electron chi connectivity index (χ0n) is 11.7. The summed E-state index contributed by atoms with van der Waals surface area (Å²) in [6.07, 6.45) is 0. The highest BCUT2D eigenvalue weighted by molar-refractivity contribution is 9.08. The van der Waals surface area contributed by atoms with Crippen LogP contribution in [0.1, 0.15) is 5.69 Å². The van der Waals surface area contributed by atoms with Crippen LogP contribution in [0.2, 0.25) is 0 Å². The number of ether oxygens (including phenoxy) is 1. The van der Waals surface area contributed by atoms with Gasteiger partial charge >= 0.3 is 0 Å². The summed E-state index contributed by atoms with van der Waals surface area (Å²) in [5, 5.41) is 5.48. The lowest BCUT2D eigenvalue weighted by molar-refractivity contribution is 0.415. The first kappa shape index (κ1) is 13.9. The van der Waals surface area contributed by atoms with E-state index in [4.69, 9.17) is 9.84 Å². The number of hydrogen-bond acceptors (Lipinski definition) is 2. The Bertz CT molecular complexity index is 738. The molecule has 0 spiro atoms. The fourth-order valence-corrected chi connectivity index (χ4v) is 2.63. The highest BCUT2D eigenvalue weighted by Gasteiger charge is 2.10. The number of aromatic nitrogens is 2. The second-order valence-electron chi connectivity index (χ2n) is 4.63. The number of methoxy groups -OCH3 is 1. The van der Waals surface area contributed by atoms with Crippen LogP contribution in [0.25, 0.3) is 16.9 Å². The van der Waals surface area contributed by atoms with Crippen LogP contribution < -0.4 is 4.74 Å².